The summed E-state index contributed by atoms with van der Waals surface area (Å²) in [7, 11) is 0. The Labute approximate surface area is 205 Å². The highest BCUT2D eigenvalue weighted by Crippen LogP contribution is 2.38. The van der Waals surface area contributed by atoms with Crippen LogP contribution in [0.1, 0.15) is 17.0 Å². The summed E-state index contributed by atoms with van der Waals surface area (Å²) < 4.78 is 43.1. The van der Waals surface area contributed by atoms with Gasteiger partial charge in [0.15, 0.2) is 0 Å². The van der Waals surface area contributed by atoms with Crippen LogP contribution in [0, 0.1) is 13.8 Å². The largest absolute Gasteiger partial charge is 0.433 e. The minimum absolute atomic E-state index is 0.250. The number of hydrogen-bond donors (Lipinski definition) is 1. The van der Waals surface area contributed by atoms with Crippen molar-refractivity contribution in [3.63, 3.8) is 0 Å². The summed E-state index contributed by atoms with van der Waals surface area (Å²) in [5, 5.41) is 0.641. The lowest BCUT2D eigenvalue weighted by Crippen LogP contribution is -2.09. The summed E-state index contributed by atoms with van der Waals surface area (Å²) in [6, 6.07) is 17.7. The van der Waals surface area contributed by atoms with E-state index < -0.39 is 11.9 Å². The van der Waals surface area contributed by atoms with Crippen molar-refractivity contribution in [3.8, 4) is 28.1 Å². The molecule has 182 valence electrons. The van der Waals surface area contributed by atoms with Gasteiger partial charge in [0.2, 0.25) is 6.41 Å². The van der Waals surface area contributed by atoms with Gasteiger partial charge in [-0.05, 0) is 54.8 Å². The average molecular weight is 490 g/mol. The normalized spacial score (nSPS) is 11.1. The number of aromatic nitrogens is 4. The summed E-state index contributed by atoms with van der Waals surface area (Å²) in [4.78, 5) is 21.4. The lowest BCUT2D eigenvalue weighted by molar-refractivity contribution is -0.140. The first-order valence-corrected chi connectivity index (χ1v) is 10.9. The van der Waals surface area contributed by atoms with E-state index in [9.17, 15) is 13.2 Å². The Morgan fingerprint density at radius 3 is 2.36 bits per heavy atom. The number of carbonyl (C=O) groups is 1. The Morgan fingerprint density at radius 2 is 1.69 bits per heavy atom. The summed E-state index contributed by atoms with van der Waals surface area (Å²) >= 11 is 0. The van der Waals surface area contributed by atoms with E-state index in [1.54, 1.807) is 35.4 Å². The maximum Gasteiger partial charge on any atom is 0.433 e. The smallest absolute Gasteiger partial charge is 0.372 e. The van der Waals surface area contributed by atoms with Crippen molar-refractivity contribution < 1.29 is 18.0 Å². The van der Waals surface area contributed by atoms with Crippen molar-refractivity contribution in [2.45, 2.75) is 20.0 Å². The number of fused-ring (bicyclic) bond motifs is 1. The van der Waals surface area contributed by atoms with E-state index in [2.05, 4.69) is 20.7 Å². The van der Waals surface area contributed by atoms with Gasteiger partial charge in [-0.25, -0.2) is 9.97 Å². The molecule has 0 atom stereocenters. The summed E-state index contributed by atoms with van der Waals surface area (Å²) in [6.07, 6.45) is 0.754. The maximum absolute atomic E-state index is 13.8. The van der Waals surface area contributed by atoms with Crippen LogP contribution < -0.4 is 5.73 Å². The molecule has 0 spiro atoms. The minimum atomic E-state index is -4.58. The Kier molecular flexibility index (Phi) is 6.82. The molecule has 3 heterocycles. The maximum atomic E-state index is 13.8. The first kappa shape index (κ1) is 24.6. The van der Waals surface area contributed by atoms with Crippen LogP contribution in [0.5, 0.6) is 0 Å². The van der Waals surface area contributed by atoms with Gasteiger partial charge in [0.05, 0.1) is 23.2 Å². The molecule has 0 fully saturated rings. The number of alkyl halides is 3. The molecule has 0 aliphatic carbocycles. The lowest BCUT2D eigenvalue weighted by Gasteiger charge is -2.16. The van der Waals surface area contributed by atoms with Crippen molar-refractivity contribution >= 4 is 17.3 Å². The van der Waals surface area contributed by atoms with Gasteiger partial charge in [0, 0.05) is 29.0 Å². The van der Waals surface area contributed by atoms with Gasteiger partial charge >= 0.3 is 6.18 Å². The fourth-order valence-corrected chi connectivity index (χ4v) is 3.91. The van der Waals surface area contributed by atoms with Crippen molar-refractivity contribution in [2.75, 3.05) is 0 Å². The molecule has 0 bridgehead atoms. The molecule has 0 radical (unpaired) electrons. The summed E-state index contributed by atoms with van der Waals surface area (Å²) in [6.45, 7) is 3.78. The Balaban J connectivity index is 0.000000967. The monoisotopic (exact) mass is 489 g/mol. The molecule has 2 N–H and O–H groups in total. The predicted octanol–water partition coefficient (Wildman–Crippen LogP) is 5.89. The zero-order valence-corrected chi connectivity index (χ0v) is 19.5. The van der Waals surface area contributed by atoms with Crippen LogP contribution in [0.4, 0.5) is 13.2 Å². The number of primary amides is 1. The minimum Gasteiger partial charge on any atom is -0.372 e. The van der Waals surface area contributed by atoms with E-state index in [0.29, 0.717) is 22.3 Å². The highest BCUT2D eigenvalue weighted by Gasteiger charge is 2.34. The van der Waals surface area contributed by atoms with Crippen molar-refractivity contribution in [1.29, 1.82) is 0 Å². The molecule has 2 aromatic carbocycles. The van der Waals surface area contributed by atoms with Gasteiger partial charge < -0.3 is 10.3 Å². The second-order valence-corrected chi connectivity index (χ2v) is 8.03. The van der Waals surface area contributed by atoms with Crippen molar-refractivity contribution in [1.82, 2.24) is 19.5 Å². The number of para-hydroxylation sites is 1. The van der Waals surface area contributed by atoms with E-state index in [1.165, 1.54) is 0 Å². The molecule has 0 saturated heterocycles. The molecule has 6 nitrogen and oxygen atoms in total. The Morgan fingerprint density at radius 1 is 0.944 bits per heavy atom. The number of aryl methyl sites for hydroxylation is 2. The van der Waals surface area contributed by atoms with Gasteiger partial charge in [-0.2, -0.15) is 13.2 Å². The standard InChI is InChI=1S/C26H19F3N4.CH3NO/c1-16-6-3-4-7-19(16)21-12-24(26(27,28)29)32-25-20(21)8-5-9-23(25)33-14-22(31-15-33)18-11-10-17(2)30-13-18;2-1-3/h3-15H,1-2H3;1H,(H2,2,3). The number of amides is 1. The Hall–Kier alpha value is -4.53. The Bertz CT molecular complexity index is 1530. The summed E-state index contributed by atoms with van der Waals surface area (Å²) in [5.74, 6) is 0. The number of nitrogens with two attached hydrogens (primary N) is 1. The van der Waals surface area contributed by atoms with E-state index in [1.807, 2.05) is 56.3 Å². The number of benzene rings is 2. The van der Waals surface area contributed by atoms with Gasteiger partial charge in [-0.1, -0.05) is 36.4 Å². The molecule has 3 aromatic heterocycles. The van der Waals surface area contributed by atoms with Gasteiger partial charge in [-0.3, -0.25) is 9.78 Å². The molecule has 0 saturated carbocycles. The third kappa shape index (κ3) is 4.95. The number of pyridine rings is 2. The second kappa shape index (κ2) is 9.99. The molecule has 0 unspecified atom stereocenters. The molecular weight excluding hydrogens is 467 g/mol. The number of rotatable bonds is 3. The van der Waals surface area contributed by atoms with Gasteiger partial charge in [0.25, 0.3) is 0 Å². The molecular formula is C27H22F3N5O. The summed E-state index contributed by atoms with van der Waals surface area (Å²) in [5.41, 5.74) is 8.53. The van der Waals surface area contributed by atoms with E-state index >= 15 is 0 Å². The molecule has 5 rings (SSSR count). The van der Waals surface area contributed by atoms with Crippen LogP contribution in [0.15, 0.2) is 79.4 Å². The van der Waals surface area contributed by atoms with Crippen LogP contribution in [0.3, 0.4) is 0 Å². The first-order chi connectivity index (χ1) is 17.2. The third-order valence-corrected chi connectivity index (χ3v) is 5.61. The van der Waals surface area contributed by atoms with Crippen LogP contribution in [-0.4, -0.2) is 25.9 Å². The second-order valence-electron chi connectivity index (χ2n) is 8.03. The fraction of sp³-hybridized carbons (Fsp3) is 0.111. The highest BCUT2D eigenvalue weighted by molar-refractivity contribution is 5.99. The van der Waals surface area contributed by atoms with Crippen molar-refractivity contribution in [3.05, 3.63) is 96.3 Å². The van der Waals surface area contributed by atoms with Crippen molar-refractivity contribution in [2.24, 2.45) is 5.73 Å². The zero-order valence-electron chi connectivity index (χ0n) is 19.5. The van der Waals surface area contributed by atoms with E-state index in [0.717, 1.165) is 28.5 Å². The topological polar surface area (TPSA) is 86.7 Å². The van der Waals surface area contributed by atoms with Crippen LogP contribution in [-0.2, 0) is 11.0 Å². The highest BCUT2D eigenvalue weighted by atomic mass is 19.4. The fourth-order valence-electron chi connectivity index (χ4n) is 3.91. The molecule has 0 aliphatic rings. The number of hydrogen-bond acceptors (Lipinski definition) is 4. The number of halogens is 3. The molecule has 0 aliphatic heterocycles. The molecule has 9 heteroatoms. The van der Waals surface area contributed by atoms with Gasteiger partial charge in [0.1, 0.15) is 5.69 Å². The molecule has 1 amide bonds. The van der Waals surface area contributed by atoms with E-state index in [-0.39, 0.29) is 11.9 Å². The van der Waals surface area contributed by atoms with Crippen LogP contribution >= 0.6 is 0 Å². The first-order valence-electron chi connectivity index (χ1n) is 10.9. The number of nitrogens with zero attached hydrogens (tertiary/aromatic N) is 4. The lowest BCUT2D eigenvalue weighted by atomic mass is 9.96. The van der Waals surface area contributed by atoms with Crippen LogP contribution in [0.25, 0.3) is 39.0 Å². The zero-order chi connectivity index (χ0) is 25.9. The van der Waals surface area contributed by atoms with Gasteiger partial charge in [-0.15, -0.1) is 0 Å². The number of carbonyl (C=O) groups excluding carboxylic acids is 1. The third-order valence-electron chi connectivity index (χ3n) is 5.61. The average Bonchev–Trinajstić information content (AvgIpc) is 3.34. The predicted molar refractivity (Wildman–Crippen MR) is 132 cm³/mol. The van der Waals surface area contributed by atoms with Crippen LogP contribution in [0.2, 0.25) is 0 Å². The molecule has 36 heavy (non-hydrogen) atoms. The number of imidazole rings is 1. The SMILES string of the molecule is Cc1ccc(-c2cn(-c3cccc4c(-c5ccccc5C)cc(C(F)(F)F)nc34)cn2)cn1.NC=O. The van der Waals surface area contributed by atoms with E-state index in [4.69, 9.17) is 4.79 Å². The molecule has 5 aromatic rings. The quantitative estimate of drug-likeness (QED) is 0.320.